The number of para-hydroxylation sites is 1. The van der Waals surface area contributed by atoms with E-state index in [1.807, 2.05) is 49.4 Å². The number of nitrogens with zero attached hydrogens (tertiary/aromatic N) is 4. The molecule has 1 fully saturated rings. The van der Waals surface area contributed by atoms with Crippen molar-refractivity contribution < 1.29 is 14.3 Å². The Morgan fingerprint density at radius 3 is 2.50 bits per heavy atom. The van der Waals surface area contributed by atoms with Crippen LogP contribution in [0.25, 0.3) is 0 Å². The van der Waals surface area contributed by atoms with Crippen molar-refractivity contribution in [2.45, 2.75) is 13.0 Å². The fourth-order valence-corrected chi connectivity index (χ4v) is 4.51. The van der Waals surface area contributed by atoms with E-state index >= 15 is 0 Å². The van der Waals surface area contributed by atoms with Gasteiger partial charge in [-0.05, 0) is 43.8 Å². The molecule has 0 N–H and O–H groups in total. The Morgan fingerprint density at radius 2 is 1.73 bits per heavy atom. The average molecular weight is 406 g/mol. The molecule has 3 aliphatic heterocycles. The van der Waals surface area contributed by atoms with Crippen LogP contribution in [0.3, 0.4) is 0 Å². The number of carbonyl (C=O) groups excluding carboxylic acids is 1. The summed E-state index contributed by atoms with van der Waals surface area (Å²) in [5, 5.41) is 6.21. The number of piperazine rings is 1. The number of benzene rings is 2. The predicted molar refractivity (Wildman–Crippen MR) is 115 cm³/mol. The third-order valence-corrected chi connectivity index (χ3v) is 6.17. The van der Waals surface area contributed by atoms with Gasteiger partial charge >= 0.3 is 0 Å². The molecule has 0 aromatic heterocycles. The van der Waals surface area contributed by atoms with Gasteiger partial charge in [0.15, 0.2) is 11.5 Å². The second-order valence-electron chi connectivity index (χ2n) is 8.10. The Labute approximate surface area is 176 Å². The number of amides is 1. The van der Waals surface area contributed by atoms with Crippen molar-refractivity contribution in [3.8, 4) is 11.5 Å². The van der Waals surface area contributed by atoms with Gasteiger partial charge < -0.3 is 14.4 Å². The van der Waals surface area contributed by atoms with E-state index in [9.17, 15) is 4.79 Å². The van der Waals surface area contributed by atoms with Gasteiger partial charge in [-0.2, -0.15) is 5.10 Å². The van der Waals surface area contributed by atoms with Crippen LogP contribution >= 0.6 is 0 Å². The summed E-state index contributed by atoms with van der Waals surface area (Å²) in [6.45, 7) is 5.95. The van der Waals surface area contributed by atoms with Gasteiger partial charge in [0.1, 0.15) is 0 Å². The molecule has 156 valence electrons. The molecule has 5 rings (SSSR count). The predicted octanol–water partition coefficient (Wildman–Crippen LogP) is 2.74. The van der Waals surface area contributed by atoms with E-state index in [0.29, 0.717) is 0 Å². The molecule has 0 radical (unpaired) electrons. The zero-order chi connectivity index (χ0) is 20.7. The molecular formula is C23H26N4O3. The quantitative estimate of drug-likeness (QED) is 0.782. The Hall–Kier alpha value is -2.90. The monoisotopic (exact) mass is 406 g/mol. The summed E-state index contributed by atoms with van der Waals surface area (Å²) in [5.74, 6) is 1.17. The van der Waals surface area contributed by atoms with E-state index < -0.39 is 0 Å². The number of likely N-dealkylation sites (N-methyl/N-ethyl adjacent to an activating group) is 1. The summed E-state index contributed by atoms with van der Waals surface area (Å²) in [6, 6.07) is 15.6. The van der Waals surface area contributed by atoms with Crippen molar-refractivity contribution in [3.63, 3.8) is 0 Å². The van der Waals surface area contributed by atoms with Crippen LogP contribution in [0.1, 0.15) is 18.5 Å². The van der Waals surface area contributed by atoms with E-state index in [1.54, 1.807) is 5.01 Å². The first-order valence-electron chi connectivity index (χ1n) is 10.4. The summed E-state index contributed by atoms with van der Waals surface area (Å²) in [7, 11) is 2.14. The van der Waals surface area contributed by atoms with Crippen molar-refractivity contribution in [2.75, 3.05) is 45.0 Å². The maximum Gasteiger partial charge on any atom is 0.258 e. The highest BCUT2D eigenvalue weighted by molar-refractivity contribution is 6.15. The number of carbonyl (C=O) groups is 1. The van der Waals surface area contributed by atoms with Crippen LogP contribution in [0.5, 0.6) is 11.5 Å². The molecule has 1 amide bonds. The lowest BCUT2D eigenvalue weighted by atomic mass is 9.87. The number of fused-ring (bicyclic) bond motifs is 1. The van der Waals surface area contributed by atoms with Crippen molar-refractivity contribution in [3.05, 3.63) is 54.1 Å². The Bertz CT molecular complexity index is 970. The number of rotatable bonds is 4. The summed E-state index contributed by atoms with van der Waals surface area (Å²) in [6.07, 6.45) is 0. The number of hydrazone groups is 1. The number of hydrogen-bond donors (Lipinski definition) is 0. The molecule has 2 atom stereocenters. The molecule has 30 heavy (non-hydrogen) atoms. The highest BCUT2D eigenvalue weighted by Gasteiger charge is 2.44. The summed E-state index contributed by atoms with van der Waals surface area (Å²) in [5.41, 5.74) is 2.70. The fraction of sp³-hybridized carbons (Fsp3) is 0.391. The second-order valence-corrected chi connectivity index (χ2v) is 8.10. The van der Waals surface area contributed by atoms with Crippen LogP contribution in [0.4, 0.5) is 5.69 Å². The summed E-state index contributed by atoms with van der Waals surface area (Å²) in [4.78, 5) is 18.3. The number of anilines is 1. The van der Waals surface area contributed by atoms with Gasteiger partial charge in [-0.25, -0.2) is 5.01 Å². The second kappa shape index (κ2) is 7.74. The number of hydrogen-bond acceptors (Lipinski definition) is 6. The Kier molecular flexibility index (Phi) is 4.92. The Balaban J connectivity index is 1.52. The lowest BCUT2D eigenvalue weighted by molar-refractivity contribution is -0.121. The standard InChI is InChI=1S/C23H26N4O3/c1-16-21(23(28)27(24-16)18-6-4-3-5-7-18)22(26-12-10-25(2)11-13-26)17-8-9-19-20(14-17)30-15-29-19/h3-9,14,21-22H,10-13,15H2,1-2H3/t21-,22-/m1/s1. The lowest BCUT2D eigenvalue weighted by Gasteiger charge is -2.40. The molecule has 7 heteroatoms. The van der Waals surface area contributed by atoms with Gasteiger partial charge in [0.05, 0.1) is 23.4 Å². The maximum atomic E-state index is 13.6. The highest BCUT2D eigenvalue weighted by Crippen LogP contribution is 2.41. The van der Waals surface area contributed by atoms with Crippen molar-refractivity contribution in [2.24, 2.45) is 11.0 Å². The third-order valence-electron chi connectivity index (χ3n) is 6.17. The smallest absolute Gasteiger partial charge is 0.258 e. The molecule has 0 spiro atoms. The SMILES string of the molecule is CC1=NN(c2ccccc2)C(=O)[C@H]1[C@@H](c1ccc2c(c1)OCO2)N1CCN(C)CC1. The fourth-order valence-electron chi connectivity index (χ4n) is 4.51. The largest absolute Gasteiger partial charge is 0.454 e. The lowest BCUT2D eigenvalue weighted by Crippen LogP contribution is -2.49. The van der Waals surface area contributed by atoms with Crippen molar-refractivity contribution in [1.29, 1.82) is 0 Å². The average Bonchev–Trinajstić information content (AvgIpc) is 3.35. The Morgan fingerprint density at radius 1 is 1.00 bits per heavy atom. The maximum absolute atomic E-state index is 13.6. The molecule has 2 aromatic carbocycles. The van der Waals surface area contributed by atoms with Crippen LogP contribution < -0.4 is 14.5 Å². The topological polar surface area (TPSA) is 57.6 Å². The molecule has 1 saturated heterocycles. The minimum atomic E-state index is -0.339. The molecule has 2 aromatic rings. The molecule has 7 nitrogen and oxygen atoms in total. The van der Waals surface area contributed by atoms with E-state index in [1.165, 1.54) is 0 Å². The molecule has 0 aliphatic carbocycles. The molecule has 0 bridgehead atoms. The van der Waals surface area contributed by atoms with E-state index in [0.717, 1.165) is 54.6 Å². The van der Waals surface area contributed by atoms with Gasteiger partial charge in [-0.1, -0.05) is 24.3 Å². The highest BCUT2D eigenvalue weighted by atomic mass is 16.7. The zero-order valence-corrected chi connectivity index (χ0v) is 17.3. The minimum absolute atomic E-state index is 0.0142. The number of ether oxygens (including phenoxy) is 2. The van der Waals surface area contributed by atoms with Crippen molar-refractivity contribution >= 4 is 17.3 Å². The van der Waals surface area contributed by atoms with E-state index in [2.05, 4.69) is 28.0 Å². The summed E-state index contributed by atoms with van der Waals surface area (Å²) < 4.78 is 11.1. The first-order valence-corrected chi connectivity index (χ1v) is 10.4. The van der Waals surface area contributed by atoms with E-state index in [4.69, 9.17) is 9.47 Å². The normalized spacial score (nSPS) is 23.0. The molecular weight excluding hydrogens is 380 g/mol. The van der Waals surface area contributed by atoms with Crippen LogP contribution in [0, 0.1) is 5.92 Å². The van der Waals surface area contributed by atoms with Crippen LogP contribution in [0.2, 0.25) is 0 Å². The molecule has 3 heterocycles. The zero-order valence-electron chi connectivity index (χ0n) is 17.3. The first-order chi connectivity index (χ1) is 14.6. The summed E-state index contributed by atoms with van der Waals surface area (Å²) >= 11 is 0. The van der Waals surface area contributed by atoms with Gasteiger partial charge in [-0.15, -0.1) is 0 Å². The van der Waals surface area contributed by atoms with E-state index in [-0.39, 0.29) is 24.7 Å². The van der Waals surface area contributed by atoms with Crippen LogP contribution in [-0.2, 0) is 4.79 Å². The van der Waals surface area contributed by atoms with Gasteiger partial charge in [-0.3, -0.25) is 9.69 Å². The van der Waals surface area contributed by atoms with Crippen LogP contribution in [-0.4, -0.2) is 61.4 Å². The van der Waals surface area contributed by atoms with Gasteiger partial charge in [0.25, 0.3) is 5.91 Å². The molecule has 3 aliphatic rings. The third kappa shape index (κ3) is 3.34. The molecule has 0 unspecified atom stereocenters. The van der Waals surface area contributed by atoms with Crippen LogP contribution in [0.15, 0.2) is 53.6 Å². The van der Waals surface area contributed by atoms with Crippen molar-refractivity contribution in [1.82, 2.24) is 9.80 Å². The minimum Gasteiger partial charge on any atom is -0.454 e. The van der Waals surface area contributed by atoms with Gasteiger partial charge in [0, 0.05) is 26.2 Å². The van der Waals surface area contributed by atoms with Gasteiger partial charge in [0.2, 0.25) is 6.79 Å². The molecule has 0 saturated carbocycles. The first kappa shape index (κ1) is 19.1.